The van der Waals surface area contributed by atoms with E-state index in [1.165, 1.54) is 0 Å². The largest absolute Gasteiger partial charge is 0.480 e. The number of aliphatic carboxylic acids is 1. The van der Waals surface area contributed by atoms with Crippen LogP contribution in [0.5, 0.6) is 0 Å². The van der Waals surface area contributed by atoms with E-state index in [1.807, 2.05) is 0 Å². The van der Waals surface area contributed by atoms with Crippen LogP contribution in [0.15, 0.2) is 0 Å². The second-order valence-corrected chi connectivity index (χ2v) is 5.95. The molecule has 0 radical (unpaired) electrons. The predicted molar refractivity (Wildman–Crippen MR) is 69.3 cm³/mol. The smallest absolute Gasteiger partial charge is 0.421 e. The van der Waals surface area contributed by atoms with Gasteiger partial charge in [-0.05, 0) is 13.8 Å². The minimum absolute atomic E-state index is 0.0747. The van der Waals surface area contributed by atoms with Crippen molar-refractivity contribution in [2.24, 2.45) is 0 Å². The van der Waals surface area contributed by atoms with Gasteiger partial charge in [0.05, 0.1) is 6.61 Å². The van der Waals surface area contributed by atoms with Crippen molar-refractivity contribution in [1.29, 1.82) is 0 Å². The van der Waals surface area contributed by atoms with Crippen molar-refractivity contribution in [2.75, 3.05) is 32.8 Å². The fourth-order valence-corrected chi connectivity index (χ4v) is 2.86. The molecule has 1 fully saturated rings. The van der Waals surface area contributed by atoms with E-state index in [-0.39, 0.29) is 32.8 Å². The monoisotopic (exact) mass is 309 g/mol. The maximum absolute atomic E-state index is 11.9. The molecule has 9 nitrogen and oxygen atoms in total. The van der Waals surface area contributed by atoms with Crippen LogP contribution in [0.25, 0.3) is 0 Å². The summed E-state index contributed by atoms with van der Waals surface area (Å²) in [7, 11) is -3.94. The molecule has 0 aromatic heterocycles. The number of nitrogens with one attached hydrogen (secondary N) is 1. The van der Waals surface area contributed by atoms with E-state index in [4.69, 9.17) is 5.11 Å². The molecular formula is C10H19N3O6S. The summed E-state index contributed by atoms with van der Waals surface area (Å²) in [6.07, 6.45) is -1.02. The Labute approximate surface area is 117 Å². The highest BCUT2D eigenvalue weighted by molar-refractivity contribution is 7.87. The summed E-state index contributed by atoms with van der Waals surface area (Å²) in [5.41, 5.74) is 0. The normalized spacial score (nSPS) is 19.3. The van der Waals surface area contributed by atoms with Gasteiger partial charge in [-0.2, -0.15) is 12.7 Å². The molecule has 116 valence electrons. The molecular weight excluding hydrogens is 290 g/mol. The first-order valence-corrected chi connectivity index (χ1v) is 7.63. The maximum atomic E-state index is 11.9. The first-order chi connectivity index (χ1) is 9.27. The minimum atomic E-state index is -3.94. The lowest BCUT2D eigenvalue weighted by Crippen LogP contribution is -2.55. The molecule has 1 heterocycles. The Bertz CT molecular complexity index is 458. The summed E-state index contributed by atoms with van der Waals surface area (Å²) in [6.45, 7) is 4.00. The Kier molecular flexibility index (Phi) is 5.72. The molecule has 0 aliphatic carbocycles. The highest BCUT2D eigenvalue weighted by atomic mass is 32.2. The van der Waals surface area contributed by atoms with Gasteiger partial charge in [0, 0.05) is 26.2 Å². The Morgan fingerprint density at radius 2 is 1.85 bits per heavy atom. The van der Waals surface area contributed by atoms with Crippen molar-refractivity contribution in [3.63, 3.8) is 0 Å². The fourth-order valence-electron chi connectivity index (χ4n) is 1.82. The van der Waals surface area contributed by atoms with Crippen molar-refractivity contribution < 1.29 is 27.9 Å². The second-order valence-electron chi connectivity index (χ2n) is 4.28. The molecule has 0 saturated carbocycles. The number of rotatable bonds is 5. The number of amides is 1. The highest BCUT2D eigenvalue weighted by Gasteiger charge is 2.31. The van der Waals surface area contributed by atoms with Crippen LogP contribution in [-0.2, 0) is 19.7 Å². The maximum Gasteiger partial charge on any atom is 0.421 e. The number of carboxylic acids is 1. The molecule has 1 unspecified atom stereocenters. The average molecular weight is 309 g/mol. The molecule has 20 heavy (non-hydrogen) atoms. The van der Waals surface area contributed by atoms with Gasteiger partial charge in [0.25, 0.3) is 0 Å². The topological polar surface area (TPSA) is 116 Å². The summed E-state index contributed by atoms with van der Waals surface area (Å²) in [5, 5.41) is 8.89. The van der Waals surface area contributed by atoms with E-state index >= 15 is 0 Å². The van der Waals surface area contributed by atoms with Crippen LogP contribution in [0.2, 0.25) is 0 Å². The molecule has 1 aliphatic heterocycles. The van der Waals surface area contributed by atoms with Crippen LogP contribution < -0.4 is 4.72 Å². The molecule has 1 aliphatic rings. The van der Waals surface area contributed by atoms with Crippen LogP contribution in [0.1, 0.15) is 13.8 Å². The third-order valence-corrected chi connectivity index (χ3v) is 4.48. The van der Waals surface area contributed by atoms with Gasteiger partial charge in [-0.15, -0.1) is 0 Å². The zero-order valence-corrected chi connectivity index (χ0v) is 12.2. The van der Waals surface area contributed by atoms with Crippen LogP contribution in [0, 0.1) is 0 Å². The van der Waals surface area contributed by atoms with Crippen LogP contribution in [-0.4, -0.2) is 73.6 Å². The number of carbonyl (C=O) groups excluding carboxylic acids is 1. The lowest BCUT2D eigenvalue weighted by molar-refractivity contribution is -0.143. The van der Waals surface area contributed by atoms with E-state index < -0.39 is 28.3 Å². The summed E-state index contributed by atoms with van der Waals surface area (Å²) >= 11 is 0. The minimum Gasteiger partial charge on any atom is -0.480 e. The first kappa shape index (κ1) is 16.7. The molecule has 10 heteroatoms. The Balaban J connectivity index is 2.56. The number of hydrogen-bond acceptors (Lipinski definition) is 6. The third kappa shape index (κ3) is 4.32. The van der Waals surface area contributed by atoms with Crippen molar-refractivity contribution >= 4 is 22.3 Å². The fraction of sp³-hybridized carbons (Fsp3) is 0.800. The summed E-state index contributed by atoms with van der Waals surface area (Å²) in [6, 6.07) is -0.669. The molecule has 0 aromatic carbocycles. The summed E-state index contributed by atoms with van der Waals surface area (Å²) in [5.74, 6) is -0.953. The van der Waals surface area contributed by atoms with E-state index in [9.17, 15) is 18.0 Å². The van der Waals surface area contributed by atoms with E-state index in [0.717, 1.165) is 4.31 Å². The lowest BCUT2D eigenvalue weighted by atomic mass is 10.2. The van der Waals surface area contributed by atoms with E-state index in [0.29, 0.717) is 0 Å². The second kappa shape index (κ2) is 6.86. The number of carboxylic acid groups (broad SMARTS) is 1. The van der Waals surface area contributed by atoms with Gasteiger partial charge in [-0.3, -0.25) is 9.69 Å². The van der Waals surface area contributed by atoms with Crippen LogP contribution >= 0.6 is 0 Å². The number of hydrogen-bond donors (Lipinski definition) is 2. The van der Waals surface area contributed by atoms with Crippen LogP contribution in [0.3, 0.4) is 0 Å². The zero-order valence-electron chi connectivity index (χ0n) is 11.4. The number of nitrogens with zero attached hydrogens (tertiary/aromatic N) is 2. The quantitative estimate of drug-likeness (QED) is 0.673. The summed E-state index contributed by atoms with van der Waals surface area (Å²) in [4.78, 5) is 23.6. The molecule has 1 rings (SSSR count). The zero-order chi connectivity index (χ0) is 15.3. The molecule has 0 aromatic rings. The summed E-state index contributed by atoms with van der Waals surface area (Å²) < 4.78 is 31.1. The van der Waals surface area contributed by atoms with Gasteiger partial charge in [-0.25, -0.2) is 9.52 Å². The standard InChI is InChI=1S/C10H19N3O6S/c1-3-19-10(16)11-20(17,18)13-6-4-12(5-7-13)8(2)9(14)15/h8H,3-7H2,1-2H3,(H,11,16)(H,14,15). The van der Waals surface area contributed by atoms with Gasteiger partial charge in [0.1, 0.15) is 6.04 Å². The first-order valence-electron chi connectivity index (χ1n) is 6.19. The van der Waals surface area contributed by atoms with Gasteiger partial charge in [0.2, 0.25) is 0 Å². The van der Waals surface area contributed by atoms with Gasteiger partial charge in [0.15, 0.2) is 0 Å². The number of piperazine rings is 1. The van der Waals surface area contributed by atoms with E-state index in [1.54, 1.807) is 23.5 Å². The Morgan fingerprint density at radius 1 is 1.30 bits per heavy atom. The third-order valence-electron chi connectivity index (χ3n) is 3.01. The molecule has 1 amide bonds. The van der Waals surface area contributed by atoms with Gasteiger partial charge >= 0.3 is 22.3 Å². The lowest BCUT2D eigenvalue weighted by Gasteiger charge is -2.35. The number of ether oxygens (including phenoxy) is 1. The predicted octanol–water partition coefficient (Wildman–Crippen LogP) is -0.932. The van der Waals surface area contributed by atoms with Crippen molar-refractivity contribution in [2.45, 2.75) is 19.9 Å². The molecule has 1 saturated heterocycles. The van der Waals surface area contributed by atoms with E-state index in [2.05, 4.69) is 4.74 Å². The van der Waals surface area contributed by atoms with Crippen molar-refractivity contribution in [3.05, 3.63) is 0 Å². The van der Waals surface area contributed by atoms with Crippen LogP contribution in [0.4, 0.5) is 4.79 Å². The molecule has 0 spiro atoms. The van der Waals surface area contributed by atoms with Gasteiger partial charge < -0.3 is 9.84 Å². The highest BCUT2D eigenvalue weighted by Crippen LogP contribution is 2.09. The number of carbonyl (C=O) groups is 2. The van der Waals surface area contributed by atoms with Gasteiger partial charge in [-0.1, -0.05) is 0 Å². The molecule has 1 atom stereocenters. The van der Waals surface area contributed by atoms with Crippen molar-refractivity contribution in [3.8, 4) is 0 Å². The Morgan fingerprint density at radius 3 is 2.30 bits per heavy atom. The SMILES string of the molecule is CCOC(=O)NS(=O)(=O)N1CCN(C(C)C(=O)O)CC1. The molecule has 0 bridgehead atoms. The van der Waals surface area contributed by atoms with Crippen molar-refractivity contribution in [1.82, 2.24) is 13.9 Å². The molecule has 2 N–H and O–H groups in total. The Hall–Kier alpha value is -1.39. The average Bonchev–Trinajstić information content (AvgIpc) is 2.37.